The second-order valence-electron chi connectivity index (χ2n) is 5.01. The maximum absolute atomic E-state index is 11.9. The number of carbonyl (C=O) groups excluding carboxylic acids is 1. The van der Waals surface area contributed by atoms with Gasteiger partial charge >= 0.3 is 5.97 Å². The highest BCUT2D eigenvalue weighted by Gasteiger charge is 2.23. The number of nitrogens with two attached hydrogens (primary N) is 1. The maximum Gasteiger partial charge on any atom is 0.348 e. The van der Waals surface area contributed by atoms with Gasteiger partial charge in [0.25, 0.3) is 0 Å². The Balaban J connectivity index is 2.08. The van der Waals surface area contributed by atoms with E-state index < -0.39 is 0 Å². The molecule has 0 unspecified atom stereocenters. The third-order valence-corrected chi connectivity index (χ3v) is 4.94. The van der Waals surface area contributed by atoms with E-state index in [0.717, 1.165) is 24.1 Å². The lowest BCUT2D eigenvalue weighted by Crippen LogP contribution is -2.06. The van der Waals surface area contributed by atoms with Crippen LogP contribution in [0.2, 0.25) is 0 Å². The zero-order valence-corrected chi connectivity index (χ0v) is 12.5. The average molecular weight is 287 g/mol. The fourth-order valence-electron chi connectivity index (χ4n) is 2.67. The van der Waals surface area contributed by atoms with E-state index in [4.69, 9.17) is 10.5 Å². The third kappa shape index (κ3) is 2.00. The fraction of sp³-hybridized carbons (Fsp3) is 0.312. The summed E-state index contributed by atoms with van der Waals surface area (Å²) in [5, 5.41) is 0. The topological polar surface area (TPSA) is 52.3 Å². The van der Waals surface area contributed by atoms with Crippen LogP contribution >= 0.6 is 11.3 Å². The van der Waals surface area contributed by atoms with Crippen molar-refractivity contribution in [1.82, 2.24) is 0 Å². The van der Waals surface area contributed by atoms with Gasteiger partial charge in [0.2, 0.25) is 0 Å². The van der Waals surface area contributed by atoms with Crippen molar-refractivity contribution >= 4 is 23.0 Å². The Morgan fingerprint density at radius 2 is 2.20 bits per heavy atom. The predicted molar refractivity (Wildman–Crippen MR) is 82.3 cm³/mol. The van der Waals surface area contributed by atoms with Gasteiger partial charge in [0, 0.05) is 10.6 Å². The molecule has 1 aliphatic carbocycles. The molecule has 3 rings (SSSR count). The van der Waals surface area contributed by atoms with Crippen molar-refractivity contribution in [3.63, 3.8) is 0 Å². The van der Waals surface area contributed by atoms with Crippen LogP contribution in [0, 0.1) is 6.92 Å². The highest BCUT2D eigenvalue weighted by molar-refractivity contribution is 7.17. The van der Waals surface area contributed by atoms with Gasteiger partial charge in [0.15, 0.2) is 0 Å². The van der Waals surface area contributed by atoms with Gasteiger partial charge in [-0.1, -0.05) is 12.1 Å². The lowest BCUT2D eigenvalue weighted by atomic mass is 9.89. The van der Waals surface area contributed by atoms with E-state index >= 15 is 0 Å². The largest absolute Gasteiger partial charge is 0.462 e. The number of fused-ring (bicyclic) bond motifs is 3. The average Bonchev–Trinajstić information content (AvgIpc) is 2.87. The van der Waals surface area contributed by atoms with Gasteiger partial charge in [-0.2, -0.15) is 0 Å². The van der Waals surface area contributed by atoms with Crippen molar-refractivity contribution in [1.29, 1.82) is 0 Å². The summed E-state index contributed by atoms with van der Waals surface area (Å²) in [5.74, 6) is -0.228. The molecule has 3 nitrogen and oxygen atoms in total. The number of rotatable bonds is 2. The predicted octanol–water partition coefficient (Wildman–Crippen LogP) is 3.58. The Morgan fingerprint density at radius 1 is 1.40 bits per heavy atom. The normalized spacial score (nSPS) is 12.7. The number of carbonyl (C=O) groups is 1. The summed E-state index contributed by atoms with van der Waals surface area (Å²) in [7, 11) is 0. The molecule has 104 valence electrons. The first kappa shape index (κ1) is 13.2. The van der Waals surface area contributed by atoms with Gasteiger partial charge in [-0.15, -0.1) is 11.3 Å². The number of esters is 1. The number of nitrogen functional groups attached to an aromatic ring is 1. The number of anilines is 1. The van der Waals surface area contributed by atoms with Crippen molar-refractivity contribution in [3.8, 4) is 10.4 Å². The van der Waals surface area contributed by atoms with E-state index in [1.165, 1.54) is 32.9 Å². The maximum atomic E-state index is 11.9. The zero-order valence-electron chi connectivity index (χ0n) is 11.7. The van der Waals surface area contributed by atoms with Crippen LogP contribution in [-0.4, -0.2) is 12.6 Å². The van der Waals surface area contributed by atoms with Gasteiger partial charge in [-0.25, -0.2) is 4.79 Å². The number of thiophene rings is 1. The number of benzene rings is 1. The van der Waals surface area contributed by atoms with Crippen LogP contribution < -0.4 is 5.73 Å². The standard InChI is InChI=1S/C16H17NO2S/c1-3-19-16(18)13-8-10-5-7-11-12(15(10)20-13)6-4-9(2)14(11)17/h4,6,8H,3,5,7,17H2,1-2H3. The van der Waals surface area contributed by atoms with Crippen molar-refractivity contribution in [3.05, 3.63) is 39.8 Å². The Hall–Kier alpha value is -1.81. The molecule has 1 aromatic carbocycles. The summed E-state index contributed by atoms with van der Waals surface area (Å²) in [5.41, 5.74) is 11.8. The lowest BCUT2D eigenvalue weighted by molar-refractivity contribution is 0.0532. The molecule has 0 fully saturated rings. The molecule has 2 aromatic rings. The number of hydrogen-bond donors (Lipinski definition) is 1. The molecule has 1 aromatic heterocycles. The van der Waals surface area contributed by atoms with Crippen LogP contribution in [0.4, 0.5) is 5.69 Å². The van der Waals surface area contributed by atoms with Gasteiger partial charge < -0.3 is 10.5 Å². The van der Waals surface area contributed by atoms with Crippen LogP contribution in [-0.2, 0) is 17.6 Å². The minimum atomic E-state index is -0.228. The highest BCUT2D eigenvalue weighted by atomic mass is 32.1. The summed E-state index contributed by atoms with van der Waals surface area (Å²) >= 11 is 1.51. The number of ether oxygens (including phenoxy) is 1. The molecule has 0 aliphatic heterocycles. The first-order chi connectivity index (χ1) is 9.61. The second-order valence-corrected chi connectivity index (χ2v) is 6.06. The molecule has 1 heterocycles. The smallest absolute Gasteiger partial charge is 0.348 e. The lowest BCUT2D eigenvalue weighted by Gasteiger charge is -2.19. The van der Waals surface area contributed by atoms with Crippen molar-refractivity contribution in [2.24, 2.45) is 0 Å². The van der Waals surface area contributed by atoms with Gasteiger partial charge in [-0.05, 0) is 55.0 Å². The molecule has 4 heteroatoms. The highest BCUT2D eigenvalue weighted by Crippen LogP contribution is 2.42. The number of aryl methyl sites for hydroxylation is 2. The monoisotopic (exact) mass is 287 g/mol. The quantitative estimate of drug-likeness (QED) is 0.678. The molecule has 1 aliphatic rings. The van der Waals surface area contributed by atoms with E-state index in [0.29, 0.717) is 11.5 Å². The van der Waals surface area contributed by atoms with Crippen LogP contribution in [0.15, 0.2) is 18.2 Å². The van der Waals surface area contributed by atoms with E-state index in [9.17, 15) is 4.79 Å². The van der Waals surface area contributed by atoms with Crippen LogP contribution in [0.3, 0.4) is 0 Å². The van der Waals surface area contributed by atoms with E-state index in [2.05, 4.69) is 6.07 Å². The summed E-state index contributed by atoms with van der Waals surface area (Å²) in [6.45, 7) is 4.26. The van der Waals surface area contributed by atoms with Crippen molar-refractivity contribution < 1.29 is 9.53 Å². The zero-order chi connectivity index (χ0) is 14.3. The minimum Gasteiger partial charge on any atom is -0.462 e. The third-order valence-electron chi connectivity index (χ3n) is 3.75. The summed E-state index contributed by atoms with van der Waals surface area (Å²) in [6, 6.07) is 6.13. The van der Waals surface area contributed by atoms with E-state index in [1.807, 2.05) is 26.0 Å². The van der Waals surface area contributed by atoms with Gasteiger partial charge in [0.05, 0.1) is 6.61 Å². The van der Waals surface area contributed by atoms with Crippen LogP contribution in [0.5, 0.6) is 0 Å². The summed E-state index contributed by atoms with van der Waals surface area (Å²) in [4.78, 5) is 13.7. The Kier molecular flexibility index (Phi) is 3.26. The van der Waals surface area contributed by atoms with Gasteiger partial charge in [-0.3, -0.25) is 0 Å². The first-order valence-corrected chi connectivity index (χ1v) is 7.61. The van der Waals surface area contributed by atoms with Gasteiger partial charge in [0.1, 0.15) is 4.88 Å². The molecule has 0 saturated heterocycles. The SMILES string of the molecule is CCOC(=O)c1cc2c(s1)-c1ccc(C)c(N)c1CC2. The molecule has 0 spiro atoms. The summed E-state index contributed by atoms with van der Waals surface area (Å²) < 4.78 is 5.08. The Labute approximate surface area is 122 Å². The second kappa shape index (κ2) is 4.94. The van der Waals surface area contributed by atoms with Crippen LogP contribution in [0.1, 0.15) is 33.3 Å². The fourth-order valence-corrected chi connectivity index (χ4v) is 3.83. The molecule has 0 radical (unpaired) electrons. The number of hydrogen-bond acceptors (Lipinski definition) is 4. The first-order valence-electron chi connectivity index (χ1n) is 6.80. The molecule has 20 heavy (non-hydrogen) atoms. The van der Waals surface area contributed by atoms with E-state index in [1.54, 1.807) is 0 Å². The molecular weight excluding hydrogens is 270 g/mol. The van der Waals surface area contributed by atoms with E-state index in [-0.39, 0.29) is 5.97 Å². The van der Waals surface area contributed by atoms with Crippen molar-refractivity contribution in [2.75, 3.05) is 12.3 Å². The molecule has 0 saturated carbocycles. The van der Waals surface area contributed by atoms with Crippen molar-refractivity contribution in [2.45, 2.75) is 26.7 Å². The molecular formula is C16H17NO2S. The molecule has 0 bridgehead atoms. The molecule has 2 N–H and O–H groups in total. The summed E-state index contributed by atoms with van der Waals surface area (Å²) in [6.07, 6.45) is 1.88. The Bertz CT molecular complexity index is 688. The minimum absolute atomic E-state index is 0.228. The van der Waals surface area contributed by atoms with Crippen LogP contribution in [0.25, 0.3) is 10.4 Å². The Morgan fingerprint density at radius 3 is 2.95 bits per heavy atom. The molecule has 0 amide bonds. The molecule has 0 atom stereocenters.